The largest absolute Gasteiger partial charge is 0.478 e. The van der Waals surface area contributed by atoms with Crippen molar-refractivity contribution in [2.45, 2.75) is 12.6 Å². The molecular formula is C32H23ClN2O4. The number of carboxylic acids is 1. The molecule has 0 aliphatic rings. The second-order valence-electron chi connectivity index (χ2n) is 9.33. The summed E-state index contributed by atoms with van der Waals surface area (Å²) in [5, 5.41) is 14.0. The van der Waals surface area contributed by atoms with Crippen LogP contribution in [0.4, 0.5) is 0 Å². The average molecular weight is 535 g/mol. The molecule has 0 saturated carbocycles. The standard InChI is InChI=1S/C32H23ClN2O4/c33-22-16-14-20(15-17-22)30(32(37)38)39-27-13-5-12-26-29(27)28-24(31(34)36)10-4-11-25(28)35(26)18-21-8-3-7-19-6-1-2-9-23(19)21/h1-17,30H,18H2,(H2,34,36)(H,37,38). The van der Waals surface area contributed by atoms with Crippen LogP contribution in [0.5, 0.6) is 5.75 Å². The van der Waals surface area contributed by atoms with Crippen LogP contribution in [0.3, 0.4) is 0 Å². The molecule has 0 spiro atoms. The molecule has 6 aromatic rings. The number of ether oxygens (including phenoxy) is 1. The SMILES string of the molecule is NC(=O)c1cccc2c1c1c(OC(C(=O)O)c3ccc(Cl)cc3)cccc1n2Cc1cccc2ccccc12. The van der Waals surface area contributed by atoms with E-state index in [2.05, 4.69) is 28.8 Å². The number of nitrogens with two attached hydrogens (primary N) is 1. The maximum atomic E-state index is 12.6. The van der Waals surface area contributed by atoms with E-state index in [-0.39, 0.29) is 0 Å². The maximum absolute atomic E-state index is 12.6. The number of fused-ring (bicyclic) bond motifs is 4. The van der Waals surface area contributed by atoms with Gasteiger partial charge in [0.1, 0.15) is 5.75 Å². The van der Waals surface area contributed by atoms with E-state index in [1.54, 1.807) is 42.5 Å². The minimum absolute atomic E-state index is 0.337. The van der Waals surface area contributed by atoms with E-state index in [1.165, 1.54) is 0 Å². The van der Waals surface area contributed by atoms with Crippen molar-refractivity contribution < 1.29 is 19.4 Å². The fourth-order valence-electron chi connectivity index (χ4n) is 5.25. The van der Waals surface area contributed by atoms with Gasteiger partial charge in [0.2, 0.25) is 12.0 Å². The first-order valence-corrected chi connectivity index (χ1v) is 12.8. The molecule has 1 unspecified atom stereocenters. The molecule has 6 rings (SSSR count). The molecule has 0 aliphatic heterocycles. The number of nitrogens with zero attached hydrogens (tertiary/aromatic N) is 1. The van der Waals surface area contributed by atoms with Gasteiger partial charge in [0, 0.05) is 28.1 Å². The highest BCUT2D eigenvalue weighted by Crippen LogP contribution is 2.40. The zero-order valence-electron chi connectivity index (χ0n) is 20.7. The van der Waals surface area contributed by atoms with E-state index in [0.29, 0.717) is 39.2 Å². The molecular weight excluding hydrogens is 512 g/mol. The zero-order valence-corrected chi connectivity index (χ0v) is 21.4. The predicted molar refractivity (Wildman–Crippen MR) is 153 cm³/mol. The van der Waals surface area contributed by atoms with Crippen LogP contribution in [0.15, 0.2) is 103 Å². The van der Waals surface area contributed by atoms with Crippen LogP contribution in [0.25, 0.3) is 32.6 Å². The third-order valence-corrected chi connectivity index (χ3v) is 7.25. The van der Waals surface area contributed by atoms with Gasteiger partial charge in [0.25, 0.3) is 0 Å². The minimum Gasteiger partial charge on any atom is -0.478 e. The first-order chi connectivity index (χ1) is 18.9. The number of carbonyl (C=O) groups is 2. The van der Waals surface area contributed by atoms with Crippen LogP contribution in [0.2, 0.25) is 5.02 Å². The van der Waals surface area contributed by atoms with Crippen LogP contribution < -0.4 is 10.5 Å². The topological polar surface area (TPSA) is 94.6 Å². The van der Waals surface area contributed by atoms with Gasteiger partial charge < -0.3 is 20.1 Å². The number of hydrogen-bond donors (Lipinski definition) is 2. The summed E-state index contributed by atoms with van der Waals surface area (Å²) in [4.78, 5) is 24.9. The fraction of sp³-hybridized carbons (Fsp3) is 0.0625. The number of carbonyl (C=O) groups excluding carboxylic acids is 1. The van der Waals surface area contributed by atoms with Crippen LogP contribution >= 0.6 is 11.6 Å². The number of amides is 1. The molecule has 0 fully saturated rings. The van der Waals surface area contributed by atoms with Gasteiger partial charge in [-0.05, 0) is 52.7 Å². The second kappa shape index (κ2) is 9.82. The summed E-state index contributed by atoms with van der Waals surface area (Å²) in [5.41, 5.74) is 9.29. The molecule has 1 amide bonds. The summed E-state index contributed by atoms with van der Waals surface area (Å²) in [6.07, 6.45) is -1.29. The lowest BCUT2D eigenvalue weighted by atomic mass is 10.0. The van der Waals surface area contributed by atoms with E-state index in [4.69, 9.17) is 22.1 Å². The summed E-state index contributed by atoms with van der Waals surface area (Å²) in [7, 11) is 0. The first kappa shape index (κ1) is 24.5. The van der Waals surface area contributed by atoms with Gasteiger partial charge in [-0.3, -0.25) is 4.79 Å². The van der Waals surface area contributed by atoms with Crippen molar-refractivity contribution in [3.05, 3.63) is 125 Å². The second-order valence-corrected chi connectivity index (χ2v) is 9.76. The van der Waals surface area contributed by atoms with Crippen LogP contribution in [0, 0.1) is 0 Å². The Labute approximate surface area is 228 Å². The molecule has 192 valence electrons. The van der Waals surface area contributed by atoms with Crippen LogP contribution in [-0.4, -0.2) is 21.6 Å². The molecule has 0 saturated heterocycles. The van der Waals surface area contributed by atoms with Crippen molar-refractivity contribution in [1.29, 1.82) is 0 Å². The number of primary amides is 1. The minimum atomic E-state index is -1.29. The number of halogens is 1. The van der Waals surface area contributed by atoms with Crippen LogP contribution in [-0.2, 0) is 11.3 Å². The number of benzene rings is 5. The maximum Gasteiger partial charge on any atom is 0.349 e. The lowest BCUT2D eigenvalue weighted by molar-refractivity contribution is -0.145. The molecule has 1 aromatic heterocycles. The van der Waals surface area contributed by atoms with Crippen molar-refractivity contribution in [1.82, 2.24) is 4.57 Å². The molecule has 0 radical (unpaired) electrons. The number of hydrogen-bond acceptors (Lipinski definition) is 3. The summed E-state index contributed by atoms with van der Waals surface area (Å²) in [6, 6.07) is 31.8. The van der Waals surface area contributed by atoms with Crippen molar-refractivity contribution in [3.8, 4) is 5.75 Å². The van der Waals surface area contributed by atoms with E-state index >= 15 is 0 Å². The zero-order chi connectivity index (χ0) is 27.1. The van der Waals surface area contributed by atoms with Gasteiger partial charge in [-0.15, -0.1) is 0 Å². The molecule has 5 aromatic carbocycles. The summed E-state index contributed by atoms with van der Waals surface area (Å²) < 4.78 is 8.30. The fourth-order valence-corrected chi connectivity index (χ4v) is 5.38. The smallest absolute Gasteiger partial charge is 0.349 e. The van der Waals surface area contributed by atoms with E-state index in [0.717, 1.165) is 27.4 Å². The molecule has 3 N–H and O–H groups in total. The van der Waals surface area contributed by atoms with E-state index < -0.39 is 18.0 Å². The third kappa shape index (κ3) is 4.35. The van der Waals surface area contributed by atoms with Crippen molar-refractivity contribution in [2.24, 2.45) is 5.73 Å². The highest BCUT2D eigenvalue weighted by molar-refractivity contribution is 6.30. The summed E-state index contributed by atoms with van der Waals surface area (Å²) in [6.45, 7) is 0.520. The molecule has 6 nitrogen and oxygen atoms in total. The lowest BCUT2D eigenvalue weighted by Crippen LogP contribution is -2.18. The Bertz CT molecular complexity index is 1890. The summed E-state index contributed by atoms with van der Waals surface area (Å²) >= 11 is 6.02. The number of carboxylic acid groups (broad SMARTS) is 1. The van der Waals surface area contributed by atoms with E-state index in [1.807, 2.05) is 36.4 Å². The summed E-state index contributed by atoms with van der Waals surface area (Å²) in [5.74, 6) is -1.39. The molecule has 7 heteroatoms. The van der Waals surface area contributed by atoms with Gasteiger partial charge >= 0.3 is 5.97 Å². The Kier molecular flexibility index (Phi) is 6.17. The van der Waals surface area contributed by atoms with Crippen molar-refractivity contribution in [3.63, 3.8) is 0 Å². The Hall–Kier alpha value is -4.81. The third-order valence-electron chi connectivity index (χ3n) is 6.99. The number of aliphatic carboxylic acids is 1. The Morgan fingerprint density at radius 1 is 0.821 bits per heavy atom. The quantitative estimate of drug-likeness (QED) is 0.231. The molecule has 1 heterocycles. The van der Waals surface area contributed by atoms with Crippen LogP contribution in [0.1, 0.15) is 27.6 Å². The van der Waals surface area contributed by atoms with Gasteiger partial charge in [0.15, 0.2) is 0 Å². The molecule has 39 heavy (non-hydrogen) atoms. The molecule has 0 bridgehead atoms. The Balaban J connectivity index is 1.58. The number of aromatic nitrogens is 1. The van der Waals surface area contributed by atoms with Gasteiger partial charge in [-0.25, -0.2) is 4.79 Å². The molecule has 0 aliphatic carbocycles. The van der Waals surface area contributed by atoms with Gasteiger partial charge in [0.05, 0.1) is 16.4 Å². The Morgan fingerprint density at radius 3 is 2.23 bits per heavy atom. The van der Waals surface area contributed by atoms with E-state index in [9.17, 15) is 14.7 Å². The predicted octanol–water partition coefficient (Wildman–Crippen LogP) is 6.95. The monoisotopic (exact) mass is 534 g/mol. The van der Waals surface area contributed by atoms with Gasteiger partial charge in [-0.2, -0.15) is 0 Å². The van der Waals surface area contributed by atoms with Gasteiger partial charge in [-0.1, -0.05) is 78.3 Å². The molecule has 1 atom stereocenters. The Morgan fingerprint density at radius 2 is 1.49 bits per heavy atom. The lowest BCUT2D eigenvalue weighted by Gasteiger charge is -2.17. The first-order valence-electron chi connectivity index (χ1n) is 12.4. The highest BCUT2D eigenvalue weighted by atomic mass is 35.5. The average Bonchev–Trinajstić information content (AvgIpc) is 3.26. The van der Waals surface area contributed by atoms with Crippen molar-refractivity contribution >= 4 is 56.1 Å². The normalized spacial score (nSPS) is 12.1. The number of rotatable bonds is 7. The highest BCUT2D eigenvalue weighted by Gasteiger charge is 2.26. The van der Waals surface area contributed by atoms with Crippen molar-refractivity contribution in [2.75, 3.05) is 0 Å².